The molecule has 0 aliphatic heterocycles. The Morgan fingerprint density at radius 2 is 1.96 bits per heavy atom. The molecule has 1 amide bonds. The number of H-pyrrole nitrogens is 3. The van der Waals surface area contributed by atoms with Crippen LogP contribution in [0.3, 0.4) is 0 Å². The summed E-state index contributed by atoms with van der Waals surface area (Å²) in [6, 6.07) is 6.77. The van der Waals surface area contributed by atoms with Crippen LogP contribution in [0.25, 0.3) is 22.3 Å². The third kappa shape index (κ3) is 2.95. The zero-order chi connectivity index (χ0) is 19.0. The normalized spacial score (nSPS) is 10.8. The number of aromatic carboxylic acids is 1. The highest BCUT2D eigenvalue weighted by molar-refractivity contribution is 6.08. The highest BCUT2D eigenvalue weighted by Crippen LogP contribution is 2.29. The van der Waals surface area contributed by atoms with E-state index >= 15 is 0 Å². The minimum absolute atomic E-state index is 0.0555. The van der Waals surface area contributed by atoms with E-state index in [1.54, 1.807) is 24.3 Å². The van der Waals surface area contributed by atoms with E-state index in [1.165, 1.54) is 18.7 Å². The number of carbonyl (C=O) groups is 2. The van der Waals surface area contributed by atoms with Crippen molar-refractivity contribution in [1.29, 1.82) is 0 Å². The highest BCUT2D eigenvalue weighted by atomic mass is 16.4. The van der Waals surface area contributed by atoms with E-state index in [1.807, 2.05) is 0 Å². The molecule has 0 fully saturated rings. The van der Waals surface area contributed by atoms with Crippen molar-refractivity contribution in [2.24, 2.45) is 0 Å². The molecule has 3 heterocycles. The molecule has 0 radical (unpaired) electrons. The van der Waals surface area contributed by atoms with Crippen molar-refractivity contribution >= 4 is 28.6 Å². The molecule has 0 atom stereocenters. The first-order chi connectivity index (χ1) is 13.0. The number of carboxylic acids is 1. The first kappa shape index (κ1) is 16.3. The Morgan fingerprint density at radius 3 is 2.70 bits per heavy atom. The zero-order valence-electron chi connectivity index (χ0n) is 13.6. The van der Waals surface area contributed by atoms with Gasteiger partial charge >= 0.3 is 11.7 Å². The molecule has 10 nitrogen and oxygen atoms in total. The molecule has 1 aromatic carbocycles. The number of amides is 1. The number of imidazole rings is 1. The van der Waals surface area contributed by atoms with Gasteiger partial charge in [0.05, 0.1) is 16.6 Å². The molecule has 134 valence electrons. The Labute approximate surface area is 150 Å². The van der Waals surface area contributed by atoms with Crippen LogP contribution in [-0.4, -0.2) is 41.9 Å². The average molecular weight is 364 g/mol. The summed E-state index contributed by atoms with van der Waals surface area (Å²) in [5, 5.41) is 12.4. The van der Waals surface area contributed by atoms with Crippen LogP contribution in [0.15, 0.2) is 47.8 Å². The topological polar surface area (TPSA) is 157 Å². The Morgan fingerprint density at radius 1 is 1.11 bits per heavy atom. The van der Waals surface area contributed by atoms with Gasteiger partial charge in [-0.3, -0.25) is 4.79 Å². The van der Waals surface area contributed by atoms with Gasteiger partial charge in [0.25, 0.3) is 5.91 Å². The molecule has 0 aliphatic carbocycles. The van der Waals surface area contributed by atoms with Crippen molar-refractivity contribution in [3.05, 3.63) is 64.7 Å². The maximum Gasteiger partial charge on any atom is 0.338 e. The molecule has 5 N–H and O–H groups in total. The number of carbonyl (C=O) groups excluding carboxylic acids is 1. The maximum absolute atomic E-state index is 12.2. The van der Waals surface area contributed by atoms with Crippen LogP contribution in [0.2, 0.25) is 0 Å². The summed E-state index contributed by atoms with van der Waals surface area (Å²) in [5.41, 5.74) is 1.55. The second-order valence-electron chi connectivity index (χ2n) is 5.64. The Hall–Kier alpha value is -4.21. The lowest BCUT2D eigenvalue weighted by Gasteiger charge is -2.07. The van der Waals surface area contributed by atoms with E-state index in [0.717, 1.165) is 0 Å². The monoisotopic (exact) mass is 364 g/mol. The lowest BCUT2D eigenvalue weighted by Crippen LogP contribution is -2.14. The van der Waals surface area contributed by atoms with E-state index < -0.39 is 17.6 Å². The zero-order valence-corrected chi connectivity index (χ0v) is 13.6. The van der Waals surface area contributed by atoms with Gasteiger partial charge in [0, 0.05) is 23.6 Å². The molecule has 0 unspecified atom stereocenters. The molecule has 0 spiro atoms. The van der Waals surface area contributed by atoms with E-state index in [9.17, 15) is 19.5 Å². The smallest absolute Gasteiger partial charge is 0.338 e. The number of hydrogen-bond donors (Lipinski definition) is 5. The first-order valence-corrected chi connectivity index (χ1v) is 7.78. The number of nitrogens with one attached hydrogen (secondary N) is 4. The molecular weight excluding hydrogens is 352 g/mol. The summed E-state index contributed by atoms with van der Waals surface area (Å²) in [7, 11) is 0. The van der Waals surface area contributed by atoms with Crippen LogP contribution in [0.1, 0.15) is 20.8 Å². The van der Waals surface area contributed by atoms with Gasteiger partial charge in [-0.1, -0.05) is 12.1 Å². The molecule has 10 heteroatoms. The number of fused-ring (bicyclic) bond motifs is 1. The van der Waals surface area contributed by atoms with Crippen molar-refractivity contribution in [1.82, 2.24) is 24.9 Å². The number of hydrogen-bond acceptors (Lipinski definition) is 5. The van der Waals surface area contributed by atoms with Gasteiger partial charge in [-0.15, -0.1) is 0 Å². The quantitative estimate of drug-likeness (QED) is 0.370. The molecule has 27 heavy (non-hydrogen) atoms. The van der Waals surface area contributed by atoms with Crippen molar-refractivity contribution < 1.29 is 14.7 Å². The fourth-order valence-corrected chi connectivity index (χ4v) is 2.75. The van der Waals surface area contributed by atoms with Crippen LogP contribution in [-0.2, 0) is 0 Å². The molecule has 0 saturated carbocycles. The van der Waals surface area contributed by atoms with Crippen LogP contribution < -0.4 is 11.0 Å². The van der Waals surface area contributed by atoms with Crippen molar-refractivity contribution in [3.63, 3.8) is 0 Å². The molecule has 4 aromatic rings. The van der Waals surface area contributed by atoms with Crippen LogP contribution >= 0.6 is 0 Å². The van der Waals surface area contributed by atoms with Crippen LogP contribution in [0.5, 0.6) is 0 Å². The summed E-state index contributed by atoms with van der Waals surface area (Å²) in [6.45, 7) is 0. The summed E-state index contributed by atoms with van der Waals surface area (Å²) >= 11 is 0. The fourth-order valence-electron chi connectivity index (χ4n) is 2.75. The second kappa shape index (κ2) is 6.26. The SMILES string of the molecule is O=C(Nc1cccc(-c2ncnc3[nH]cc(C(=O)O)c23)c1)c1c[nH]c(=O)[nH]1. The number of aromatic amines is 3. The predicted molar refractivity (Wildman–Crippen MR) is 95.7 cm³/mol. The third-order valence-corrected chi connectivity index (χ3v) is 3.93. The fraction of sp³-hybridized carbons (Fsp3) is 0. The van der Waals surface area contributed by atoms with Gasteiger partial charge in [0.1, 0.15) is 17.7 Å². The van der Waals surface area contributed by atoms with Gasteiger partial charge in [-0.25, -0.2) is 19.6 Å². The Bertz CT molecular complexity index is 1240. The number of nitrogens with zero attached hydrogens (tertiary/aromatic N) is 2. The molecule has 3 aromatic heterocycles. The predicted octanol–water partition coefficient (Wildman–Crippen LogP) is 1.59. The minimum Gasteiger partial charge on any atom is -0.478 e. The number of carboxylic acid groups (broad SMARTS) is 1. The minimum atomic E-state index is -1.10. The summed E-state index contributed by atoms with van der Waals surface area (Å²) in [5.74, 6) is -1.59. The van der Waals surface area contributed by atoms with Gasteiger partial charge in [0.15, 0.2) is 0 Å². The molecule has 0 bridgehead atoms. The van der Waals surface area contributed by atoms with E-state index in [2.05, 4.69) is 30.2 Å². The molecule has 0 saturated heterocycles. The van der Waals surface area contributed by atoms with Gasteiger partial charge in [-0.2, -0.15) is 0 Å². The number of aromatic nitrogens is 5. The highest BCUT2D eigenvalue weighted by Gasteiger charge is 2.17. The number of benzene rings is 1. The Kier molecular flexibility index (Phi) is 3.77. The van der Waals surface area contributed by atoms with Crippen molar-refractivity contribution in [2.45, 2.75) is 0 Å². The molecular formula is C17H12N6O4. The molecule has 4 rings (SSSR count). The van der Waals surface area contributed by atoms with Gasteiger partial charge in [-0.05, 0) is 12.1 Å². The van der Waals surface area contributed by atoms with Gasteiger partial charge < -0.3 is 25.4 Å². The first-order valence-electron chi connectivity index (χ1n) is 7.78. The van der Waals surface area contributed by atoms with E-state index in [-0.39, 0.29) is 11.3 Å². The maximum atomic E-state index is 12.2. The number of anilines is 1. The van der Waals surface area contributed by atoms with Crippen LogP contribution in [0, 0.1) is 0 Å². The summed E-state index contributed by atoms with van der Waals surface area (Å²) < 4.78 is 0. The number of rotatable bonds is 4. The standard InChI is InChI=1S/C17H12N6O4/c24-15(11-6-19-17(27)23-11)22-9-3-1-2-8(4-9)13-12-10(16(25)26)5-18-14(12)21-7-20-13/h1-7H,(H,22,24)(H,25,26)(H,18,20,21)(H2,19,23,27). The lowest BCUT2D eigenvalue weighted by atomic mass is 10.1. The molecule has 0 aliphatic rings. The second-order valence-corrected chi connectivity index (χ2v) is 5.64. The van der Waals surface area contributed by atoms with Crippen LogP contribution in [0.4, 0.5) is 5.69 Å². The largest absolute Gasteiger partial charge is 0.478 e. The average Bonchev–Trinajstić information content (AvgIpc) is 3.28. The summed E-state index contributed by atoms with van der Waals surface area (Å²) in [6.07, 6.45) is 3.96. The van der Waals surface area contributed by atoms with Gasteiger partial charge in [0.2, 0.25) is 0 Å². The lowest BCUT2D eigenvalue weighted by molar-refractivity contribution is 0.0699. The van der Waals surface area contributed by atoms with E-state index in [0.29, 0.717) is 28.0 Å². The Balaban J connectivity index is 1.74. The van der Waals surface area contributed by atoms with Crippen molar-refractivity contribution in [2.75, 3.05) is 5.32 Å². The third-order valence-electron chi connectivity index (χ3n) is 3.93. The van der Waals surface area contributed by atoms with Crippen molar-refractivity contribution in [3.8, 4) is 11.3 Å². The van der Waals surface area contributed by atoms with E-state index in [4.69, 9.17) is 0 Å². The summed E-state index contributed by atoms with van der Waals surface area (Å²) in [4.78, 5) is 50.6.